The molecule has 1 aromatic heterocycles. The summed E-state index contributed by atoms with van der Waals surface area (Å²) in [5.41, 5.74) is 1.45. The molecule has 1 aliphatic rings. The second-order valence-corrected chi connectivity index (χ2v) is 7.69. The van der Waals surface area contributed by atoms with E-state index in [9.17, 15) is 0 Å². The molecule has 0 amide bonds. The van der Waals surface area contributed by atoms with E-state index in [2.05, 4.69) is 48.2 Å². The van der Waals surface area contributed by atoms with Crippen LogP contribution < -0.4 is 5.32 Å². The van der Waals surface area contributed by atoms with E-state index in [1.165, 1.54) is 33.5 Å². The van der Waals surface area contributed by atoms with Gasteiger partial charge in [0.1, 0.15) is 0 Å². The Kier molecular flexibility index (Phi) is 5.24. The van der Waals surface area contributed by atoms with E-state index >= 15 is 0 Å². The summed E-state index contributed by atoms with van der Waals surface area (Å²) in [6.07, 6.45) is 4.21. The minimum absolute atomic E-state index is 0.486. The Morgan fingerprint density at radius 3 is 2.78 bits per heavy atom. The first-order valence-electron chi connectivity index (χ1n) is 6.68. The topological polar surface area (TPSA) is 21.3 Å². The van der Waals surface area contributed by atoms with Gasteiger partial charge in [0.15, 0.2) is 0 Å². The van der Waals surface area contributed by atoms with Crippen molar-refractivity contribution >= 4 is 27.3 Å². The predicted molar refractivity (Wildman–Crippen MR) is 81.3 cm³/mol. The van der Waals surface area contributed by atoms with Gasteiger partial charge in [-0.1, -0.05) is 0 Å². The SMILES string of the molecule is CCOC1CC(CC(NC)c2cc(Br)sc2C)C1. The molecule has 2 rings (SSSR count). The first-order valence-corrected chi connectivity index (χ1v) is 8.29. The number of hydrogen-bond donors (Lipinski definition) is 1. The Balaban J connectivity index is 1.89. The number of halogens is 1. The van der Waals surface area contributed by atoms with Crippen LogP contribution in [-0.4, -0.2) is 19.8 Å². The minimum Gasteiger partial charge on any atom is -0.378 e. The van der Waals surface area contributed by atoms with Gasteiger partial charge < -0.3 is 10.1 Å². The van der Waals surface area contributed by atoms with Crippen molar-refractivity contribution in [2.75, 3.05) is 13.7 Å². The highest BCUT2D eigenvalue weighted by Crippen LogP contribution is 2.39. The quantitative estimate of drug-likeness (QED) is 0.839. The molecule has 1 N–H and O–H groups in total. The van der Waals surface area contributed by atoms with Gasteiger partial charge in [-0.05, 0) is 73.6 Å². The van der Waals surface area contributed by atoms with Crippen LogP contribution in [0.25, 0.3) is 0 Å². The van der Waals surface area contributed by atoms with Crippen LogP contribution in [0.5, 0.6) is 0 Å². The molecule has 1 aromatic rings. The Bertz CT molecular complexity index is 387. The van der Waals surface area contributed by atoms with Crippen molar-refractivity contribution in [1.29, 1.82) is 0 Å². The fourth-order valence-electron chi connectivity index (χ4n) is 2.78. The highest BCUT2D eigenvalue weighted by Gasteiger charge is 2.31. The van der Waals surface area contributed by atoms with Gasteiger partial charge in [0.2, 0.25) is 0 Å². The van der Waals surface area contributed by atoms with Crippen molar-refractivity contribution in [3.63, 3.8) is 0 Å². The molecule has 1 atom stereocenters. The van der Waals surface area contributed by atoms with Crippen LogP contribution in [0.1, 0.15) is 42.7 Å². The monoisotopic (exact) mass is 331 g/mol. The Morgan fingerprint density at radius 1 is 1.56 bits per heavy atom. The van der Waals surface area contributed by atoms with Crippen molar-refractivity contribution in [3.8, 4) is 0 Å². The molecule has 1 heterocycles. The molecule has 0 aromatic carbocycles. The van der Waals surface area contributed by atoms with Crippen LogP contribution in [0.2, 0.25) is 0 Å². The lowest BCUT2D eigenvalue weighted by Gasteiger charge is -2.37. The maximum absolute atomic E-state index is 5.63. The van der Waals surface area contributed by atoms with E-state index in [1.54, 1.807) is 0 Å². The molecule has 0 spiro atoms. The molecule has 2 nitrogen and oxygen atoms in total. The third kappa shape index (κ3) is 3.35. The van der Waals surface area contributed by atoms with Gasteiger partial charge in [-0.25, -0.2) is 0 Å². The molecule has 0 saturated heterocycles. The molecule has 0 aliphatic heterocycles. The normalized spacial score (nSPS) is 24.9. The van der Waals surface area contributed by atoms with Crippen molar-refractivity contribution in [2.24, 2.45) is 5.92 Å². The average molecular weight is 332 g/mol. The lowest BCUT2D eigenvalue weighted by molar-refractivity contribution is -0.0289. The van der Waals surface area contributed by atoms with Gasteiger partial charge in [0, 0.05) is 17.5 Å². The van der Waals surface area contributed by atoms with Gasteiger partial charge >= 0.3 is 0 Å². The van der Waals surface area contributed by atoms with Gasteiger partial charge in [-0.2, -0.15) is 0 Å². The molecule has 1 aliphatic carbocycles. The Hall–Kier alpha value is 0.1000. The molecule has 1 saturated carbocycles. The summed E-state index contributed by atoms with van der Waals surface area (Å²) in [7, 11) is 2.06. The lowest BCUT2D eigenvalue weighted by atomic mass is 9.77. The fraction of sp³-hybridized carbons (Fsp3) is 0.714. The van der Waals surface area contributed by atoms with Gasteiger partial charge in [0.05, 0.1) is 9.89 Å². The van der Waals surface area contributed by atoms with Crippen LogP contribution in [-0.2, 0) is 4.74 Å². The summed E-state index contributed by atoms with van der Waals surface area (Å²) < 4.78 is 6.86. The molecular formula is C14H22BrNOS. The molecule has 0 radical (unpaired) electrons. The van der Waals surface area contributed by atoms with Crippen LogP contribution >= 0.6 is 27.3 Å². The first-order chi connectivity index (χ1) is 8.63. The number of thiophene rings is 1. The van der Waals surface area contributed by atoms with Gasteiger partial charge in [0.25, 0.3) is 0 Å². The summed E-state index contributed by atoms with van der Waals surface area (Å²) in [5, 5.41) is 3.46. The van der Waals surface area contributed by atoms with Crippen LogP contribution in [0.4, 0.5) is 0 Å². The van der Waals surface area contributed by atoms with Crippen molar-refractivity contribution < 1.29 is 4.74 Å². The summed E-state index contributed by atoms with van der Waals surface area (Å²) in [4.78, 5) is 1.42. The van der Waals surface area contributed by atoms with E-state index in [0.717, 1.165) is 12.5 Å². The van der Waals surface area contributed by atoms with Crippen LogP contribution in [0, 0.1) is 12.8 Å². The number of rotatable bonds is 6. The van der Waals surface area contributed by atoms with E-state index in [-0.39, 0.29) is 0 Å². The molecule has 18 heavy (non-hydrogen) atoms. The maximum atomic E-state index is 5.63. The Labute approximate surface area is 122 Å². The molecule has 0 bridgehead atoms. The second-order valence-electron chi connectivity index (χ2n) is 5.05. The van der Waals surface area contributed by atoms with Gasteiger partial charge in [-0.3, -0.25) is 0 Å². The lowest BCUT2D eigenvalue weighted by Crippen LogP contribution is -2.34. The number of ether oxygens (including phenoxy) is 1. The Morgan fingerprint density at radius 2 is 2.28 bits per heavy atom. The summed E-state index contributed by atoms with van der Waals surface area (Å²) >= 11 is 5.40. The predicted octanol–water partition coefficient (Wildman–Crippen LogP) is 4.28. The molecule has 4 heteroatoms. The highest BCUT2D eigenvalue weighted by molar-refractivity contribution is 9.11. The number of nitrogens with one attached hydrogen (secondary N) is 1. The zero-order chi connectivity index (χ0) is 13.1. The average Bonchev–Trinajstić information content (AvgIpc) is 2.61. The van der Waals surface area contributed by atoms with Gasteiger partial charge in [-0.15, -0.1) is 11.3 Å². The van der Waals surface area contributed by atoms with Crippen LogP contribution in [0.3, 0.4) is 0 Å². The third-order valence-electron chi connectivity index (χ3n) is 3.81. The smallest absolute Gasteiger partial charge is 0.0704 e. The summed E-state index contributed by atoms with van der Waals surface area (Å²) in [5.74, 6) is 0.817. The zero-order valence-corrected chi connectivity index (χ0v) is 13.7. The third-order valence-corrected chi connectivity index (χ3v) is 5.38. The zero-order valence-electron chi connectivity index (χ0n) is 11.3. The number of aryl methyl sites for hydroxylation is 1. The fourth-order valence-corrected chi connectivity index (χ4v) is 4.55. The van der Waals surface area contributed by atoms with Crippen molar-refractivity contribution in [1.82, 2.24) is 5.32 Å². The molecule has 1 unspecified atom stereocenters. The largest absolute Gasteiger partial charge is 0.378 e. The molecule has 1 fully saturated rings. The standard InChI is InChI=1S/C14H22BrNOS/c1-4-17-11-5-10(6-11)7-13(16-3)12-8-14(15)18-9(12)2/h8,10-11,13,16H,4-7H2,1-3H3. The summed E-state index contributed by atoms with van der Waals surface area (Å²) in [6, 6.07) is 2.75. The maximum Gasteiger partial charge on any atom is 0.0704 e. The highest BCUT2D eigenvalue weighted by atomic mass is 79.9. The number of hydrogen-bond acceptors (Lipinski definition) is 3. The second kappa shape index (κ2) is 6.51. The van der Waals surface area contributed by atoms with E-state index in [1.807, 2.05) is 11.3 Å². The van der Waals surface area contributed by atoms with E-state index in [4.69, 9.17) is 4.74 Å². The first kappa shape index (κ1) is 14.5. The summed E-state index contributed by atoms with van der Waals surface area (Å²) in [6.45, 7) is 5.14. The minimum atomic E-state index is 0.486. The van der Waals surface area contributed by atoms with Crippen molar-refractivity contribution in [3.05, 3.63) is 20.3 Å². The van der Waals surface area contributed by atoms with Crippen LogP contribution in [0.15, 0.2) is 9.85 Å². The van der Waals surface area contributed by atoms with E-state index < -0.39 is 0 Å². The van der Waals surface area contributed by atoms with E-state index in [0.29, 0.717) is 12.1 Å². The van der Waals surface area contributed by atoms with Crippen molar-refractivity contribution in [2.45, 2.75) is 45.3 Å². The molecular weight excluding hydrogens is 310 g/mol. The molecule has 102 valence electrons.